The second kappa shape index (κ2) is 5.06. The van der Waals surface area contributed by atoms with E-state index in [1.807, 2.05) is 0 Å². The molecule has 0 amide bonds. The molecule has 0 aliphatic heterocycles. The monoisotopic (exact) mass is 306 g/mol. The van der Waals surface area contributed by atoms with Crippen LogP contribution >= 0.6 is 0 Å². The maximum Gasteiger partial charge on any atom is 0.200 e. The minimum Gasteiger partial charge on any atom is -0.320 e. The van der Waals surface area contributed by atoms with Crippen LogP contribution in [0.15, 0.2) is 6.20 Å². The van der Waals surface area contributed by atoms with Gasteiger partial charge in [0.25, 0.3) is 0 Å². The van der Waals surface area contributed by atoms with Gasteiger partial charge >= 0.3 is 0 Å². The molecular formula is C12H11F5N4. The molecule has 0 aliphatic carbocycles. The Morgan fingerprint density at radius 3 is 1.90 bits per heavy atom. The minimum absolute atomic E-state index is 0.311. The van der Waals surface area contributed by atoms with Crippen molar-refractivity contribution in [2.45, 2.75) is 25.9 Å². The highest BCUT2D eigenvalue weighted by molar-refractivity contribution is 5.24. The van der Waals surface area contributed by atoms with E-state index in [0.29, 0.717) is 5.69 Å². The average molecular weight is 306 g/mol. The topological polar surface area (TPSA) is 56.7 Å². The van der Waals surface area contributed by atoms with Gasteiger partial charge in [-0.25, -0.2) is 26.6 Å². The van der Waals surface area contributed by atoms with Crippen LogP contribution in [-0.4, -0.2) is 15.0 Å². The fraction of sp³-hybridized carbons (Fsp3) is 0.333. The van der Waals surface area contributed by atoms with Crippen molar-refractivity contribution in [2.24, 2.45) is 5.73 Å². The highest BCUT2D eigenvalue weighted by Gasteiger charge is 2.26. The smallest absolute Gasteiger partial charge is 0.200 e. The minimum atomic E-state index is -2.20. The van der Waals surface area contributed by atoms with Crippen molar-refractivity contribution in [3.05, 3.63) is 46.5 Å². The molecule has 1 heterocycles. The largest absolute Gasteiger partial charge is 0.320 e. The lowest BCUT2D eigenvalue weighted by Gasteiger charge is -2.13. The van der Waals surface area contributed by atoms with Crippen LogP contribution in [-0.2, 0) is 12.1 Å². The van der Waals surface area contributed by atoms with Crippen LogP contribution in [0.3, 0.4) is 0 Å². The predicted octanol–water partition coefficient (Wildman–Crippen LogP) is 2.22. The highest BCUT2D eigenvalue weighted by atomic mass is 19.2. The quantitative estimate of drug-likeness (QED) is 0.537. The first-order valence-electron chi connectivity index (χ1n) is 5.82. The average Bonchev–Trinajstić information content (AvgIpc) is 2.88. The molecule has 0 unspecified atom stereocenters. The summed E-state index contributed by atoms with van der Waals surface area (Å²) in [5, 5.41) is 7.24. The van der Waals surface area contributed by atoms with Gasteiger partial charge in [0.05, 0.1) is 23.8 Å². The molecular weight excluding hydrogens is 295 g/mol. The summed E-state index contributed by atoms with van der Waals surface area (Å²) < 4.78 is 67.1. The Kier molecular flexibility index (Phi) is 3.70. The first kappa shape index (κ1) is 15.4. The number of halogens is 5. The van der Waals surface area contributed by atoms with E-state index in [0.717, 1.165) is 4.68 Å². The molecule has 1 aromatic heterocycles. The van der Waals surface area contributed by atoms with E-state index in [9.17, 15) is 22.0 Å². The zero-order chi connectivity index (χ0) is 15.9. The number of hydrogen-bond donors (Lipinski definition) is 1. The number of nitrogens with zero attached hydrogens (tertiary/aromatic N) is 3. The van der Waals surface area contributed by atoms with Crippen molar-refractivity contribution in [1.29, 1.82) is 0 Å². The highest BCUT2D eigenvalue weighted by Crippen LogP contribution is 2.24. The van der Waals surface area contributed by atoms with Crippen molar-refractivity contribution in [2.75, 3.05) is 0 Å². The second-order valence-electron chi connectivity index (χ2n) is 5.07. The molecule has 21 heavy (non-hydrogen) atoms. The second-order valence-corrected chi connectivity index (χ2v) is 5.07. The summed E-state index contributed by atoms with van der Waals surface area (Å²) in [7, 11) is 0. The zero-order valence-electron chi connectivity index (χ0n) is 11.1. The van der Waals surface area contributed by atoms with E-state index in [1.165, 1.54) is 6.20 Å². The summed E-state index contributed by atoms with van der Waals surface area (Å²) >= 11 is 0. The number of hydrogen-bond acceptors (Lipinski definition) is 3. The lowest BCUT2D eigenvalue weighted by molar-refractivity contribution is 0.366. The fourth-order valence-corrected chi connectivity index (χ4v) is 1.62. The molecule has 2 aromatic rings. The molecule has 0 atom stereocenters. The van der Waals surface area contributed by atoms with Gasteiger partial charge in [-0.2, -0.15) is 0 Å². The first-order valence-corrected chi connectivity index (χ1v) is 5.82. The van der Waals surface area contributed by atoms with E-state index in [-0.39, 0.29) is 0 Å². The molecule has 0 saturated heterocycles. The van der Waals surface area contributed by atoms with E-state index in [1.54, 1.807) is 13.8 Å². The Labute approximate surface area is 116 Å². The SMILES string of the molecule is CC(C)(N)c1cn(Cc2c(F)c(F)c(F)c(F)c2F)nn1. The lowest BCUT2D eigenvalue weighted by Crippen LogP contribution is -2.29. The van der Waals surface area contributed by atoms with Crippen molar-refractivity contribution >= 4 is 0 Å². The molecule has 2 rings (SSSR count). The van der Waals surface area contributed by atoms with Gasteiger partial charge in [-0.3, -0.25) is 0 Å². The Morgan fingerprint density at radius 2 is 1.48 bits per heavy atom. The molecule has 0 saturated carbocycles. The zero-order valence-corrected chi connectivity index (χ0v) is 11.1. The van der Waals surface area contributed by atoms with Crippen molar-refractivity contribution < 1.29 is 22.0 Å². The predicted molar refractivity (Wildman–Crippen MR) is 62.6 cm³/mol. The molecule has 9 heteroatoms. The van der Waals surface area contributed by atoms with E-state index in [2.05, 4.69) is 10.3 Å². The number of rotatable bonds is 3. The summed E-state index contributed by atoms with van der Waals surface area (Å²) in [5.41, 5.74) is 4.23. The Hall–Kier alpha value is -2.03. The van der Waals surface area contributed by atoms with Gasteiger partial charge < -0.3 is 5.73 Å². The number of nitrogens with two attached hydrogens (primary N) is 1. The van der Waals surface area contributed by atoms with E-state index in [4.69, 9.17) is 5.73 Å². The van der Waals surface area contributed by atoms with Gasteiger partial charge in [0, 0.05) is 0 Å². The van der Waals surface area contributed by atoms with Gasteiger partial charge in [-0.15, -0.1) is 5.10 Å². The molecule has 0 aliphatic rings. The third kappa shape index (κ3) is 2.73. The van der Waals surface area contributed by atoms with Crippen LogP contribution in [0.25, 0.3) is 0 Å². The van der Waals surface area contributed by atoms with Crippen LogP contribution in [0.1, 0.15) is 25.1 Å². The van der Waals surface area contributed by atoms with Crippen LogP contribution < -0.4 is 5.73 Å². The Balaban J connectivity index is 2.43. The summed E-state index contributed by atoms with van der Waals surface area (Å²) in [6.45, 7) is 2.59. The normalized spacial score (nSPS) is 12.0. The molecule has 1 aromatic carbocycles. The Morgan fingerprint density at radius 1 is 1.00 bits per heavy atom. The fourth-order valence-electron chi connectivity index (χ4n) is 1.62. The molecule has 2 N–H and O–H groups in total. The lowest BCUT2D eigenvalue weighted by atomic mass is 10.0. The van der Waals surface area contributed by atoms with Crippen LogP contribution in [0.2, 0.25) is 0 Å². The summed E-state index contributed by atoms with van der Waals surface area (Å²) in [6.07, 6.45) is 1.28. The molecule has 0 bridgehead atoms. The third-order valence-electron chi connectivity index (χ3n) is 2.82. The van der Waals surface area contributed by atoms with Crippen molar-refractivity contribution in [3.63, 3.8) is 0 Å². The van der Waals surface area contributed by atoms with Crippen LogP contribution in [0, 0.1) is 29.1 Å². The summed E-state index contributed by atoms with van der Waals surface area (Å²) in [4.78, 5) is 0. The third-order valence-corrected chi connectivity index (χ3v) is 2.82. The van der Waals surface area contributed by atoms with Crippen molar-refractivity contribution in [3.8, 4) is 0 Å². The molecule has 0 radical (unpaired) electrons. The van der Waals surface area contributed by atoms with Crippen molar-refractivity contribution in [1.82, 2.24) is 15.0 Å². The van der Waals surface area contributed by atoms with Gasteiger partial charge in [-0.1, -0.05) is 5.21 Å². The van der Waals surface area contributed by atoms with Gasteiger partial charge in [0.15, 0.2) is 23.3 Å². The molecule has 114 valence electrons. The first-order chi connectivity index (χ1) is 9.62. The Bertz CT molecular complexity index is 661. The van der Waals surface area contributed by atoms with E-state index < -0.39 is 46.7 Å². The van der Waals surface area contributed by atoms with Gasteiger partial charge in [0.1, 0.15) is 5.69 Å². The molecule has 4 nitrogen and oxygen atoms in total. The number of benzene rings is 1. The van der Waals surface area contributed by atoms with Crippen LogP contribution in [0.4, 0.5) is 22.0 Å². The van der Waals surface area contributed by atoms with Gasteiger partial charge in [0.2, 0.25) is 5.82 Å². The maximum atomic E-state index is 13.5. The standard InChI is InChI=1S/C12H11F5N4/c1-12(2,18)6-4-21(20-19-6)3-5-7(13)9(15)11(17)10(16)8(5)14/h4H,3,18H2,1-2H3. The van der Waals surface area contributed by atoms with E-state index >= 15 is 0 Å². The summed E-state index contributed by atoms with van der Waals surface area (Å²) in [5.74, 6) is -9.98. The number of aromatic nitrogens is 3. The van der Waals surface area contributed by atoms with Crippen LogP contribution in [0.5, 0.6) is 0 Å². The molecule has 0 fully saturated rings. The summed E-state index contributed by atoms with van der Waals surface area (Å²) in [6, 6.07) is 0. The maximum absolute atomic E-state index is 13.5. The van der Waals surface area contributed by atoms with Gasteiger partial charge in [-0.05, 0) is 13.8 Å². The molecule has 0 spiro atoms.